The fourth-order valence-corrected chi connectivity index (χ4v) is 1.97. The van der Waals surface area contributed by atoms with Crippen molar-refractivity contribution in [3.05, 3.63) is 0 Å². The molecule has 0 aromatic heterocycles. The van der Waals surface area contributed by atoms with Gasteiger partial charge in [0.2, 0.25) is 5.91 Å². The van der Waals surface area contributed by atoms with Crippen molar-refractivity contribution in [2.24, 2.45) is 0 Å². The van der Waals surface area contributed by atoms with Gasteiger partial charge in [0.05, 0.1) is 25.2 Å². The molecule has 1 unspecified atom stereocenters. The van der Waals surface area contributed by atoms with Gasteiger partial charge in [-0.3, -0.25) is 9.59 Å². The molecular weight excluding hydrogens is 248 g/mol. The van der Waals surface area contributed by atoms with E-state index in [4.69, 9.17) is 9.47 Å². The van der Waals surface area contributed by atoms with E-state index in [1.807, 2.05) is 6.92 Å². The smallest absolute Gasteiger partial charge is 0.308 e. The molecule has 1 saturated heterocycles. The number of nitrogens with zero attached hydrogens (tertiary/aromatic N) is 1. The standard InChI is InChI=1S/C13H24N2O4/c1-4-18-8-7-15-6-5-14-11(13(15)17)9-12(16)19-10(2)3/h10-11,14H,4-9H2,1-3H3. The molecule has 19 heavy (non-hydrogen) atoms. The first-order valence-corrected chi connectivity index (χ1v) is 6.84. The van der Waals surface area contributed by atoms with Gasteiger partial charge in [-0.1, -0.05) is 0 Å². The lowest BCUT2D eigenvalue weighted by atomic mass is 10.1. The summed E-state index contributed by atoms with van der Waals surface area (Å²) in [6.07, 6.45) is -0.0671. The lowest BCUT2D eigenvalue weighted by Gasteiger charge is -2.32. The topological polar surface area (TPSA) is 67.9 Å². The molecule has 1 rings (SSSR count). The van der Waals surface area contributed by atoms with Crippen LogP contribution in [0.2, 0.25) is 0 Å². The third kappa shape index (κ3) is 5.57. The monoisotopic (exact) mass is 272 g/mol. The lowest BCUT2D eigenvalue weighted by molar-refractivity contribution is -0.151. The van der Waals surface area contributed by atoms with Gasteiger partial charge in [-0.25, -0.2) is 0 Å². The summed E-state index contributed by atoms with van der Waals surface area (Å²) in [5.41, 5.74) is 0. The second kappa shape index (κ2) is 8.12. The molecule has 0 spiro atoms. The summed E-state index contributed by atoms with van der Waals surface area (Å²) in [6.45, 7) is 8.61. The van der Waals surface area contributed by atoms with E-state index in [-0.39, 0.29) is 24.4 Å². The molecule has 0 saturated carbocycles. The molecular formula is C13H24N2O4. The summed E-state index contributed by atoms with van der Waals surface area (Å²) in [6, 6.07) is -0.471. The van der Waals surface area contributed by atoms with Crippen LogP contribution in [0.4, 0.5) is 0 Å². The molecule has 0 aromatic rings. The van der Waals surface area contributed by atoms with Gasteiger partial charge in [-0.2, -0.15) is 0 Å². The van der Waals surface area contributed by atoms with Crippen molar-refractivity contribution in [3.8, 4) is 0 Å². The Balaban J connectivity index is 2.41. The van der Waals surface area contributed by atoms with Crippen molar-refractivity contribution in [2.45, 2.75) is 39.3 Å². The maximum absolute atomic E-state index is 12.1. The Labute approximate surface area is 114 Å². The van der Waals surface area contributed by atoms with E-state index in [1.165, 1.54) is 0 Å². The van der Waals surface area contributed by atoms with Crippen LogP contribution in [-0.4, -0.2) is 61.8 Å². The van der Waals surface area contributed by atoms with Crippen molar-refractivity contribution in [3.63, 3.8) is 0 Å². The zero-order valence-corrected chi connectivity index (χ0v) is 12.0. The molecule has 1 aliphatic rings. The van der Waals surface area contributed by atoms with Crippen molar-refractivity contribution < 1.29 is 19.1 Å². The molecule has 1 amide bonds. The molecule has 0 radical (unpaired) electrons. The first kappa shape index (κ1) is 15.9. The van der Waals surface area contributed by atoms with Crippen LogP contribution in [-0.2, 0) is 19.1 Å². The molecule has 0 aromatic carbocycles. The average Bonchev–Trinajstić information content (AvgIpc) is 2.33. The highest BCUT2D eigenvalue weighted by Gasteiger charge is 2.30. The van der Waals surface area contributed by atoms with Gasteiger partial charge >= 0.3 is 5.97 Å². The summed E-state index contributed by atoms with van der Waals surface area (Å²) in [7, 11) is 0. The van der Waals surface area contributed by atoms with E-state index in [0.29, 0.717) is 32.8 Å². The van der Waals surface area contributed by atoms with Crippen LogP contribution in [0.3, 0.4) is 0 Å². The van der Waals surface area contributed by atoms with Crippen molar-refractivity contribution >= 4 is 11.9 Å². The van der Waals surface area contributed by atoms with E-state index in [0.717, 1.165) is 0 Å². The minimum absolute atomic E-state index is 0.0494. The summed E-state index contributed by atoms with van der Waals surface area (Å²) >= 11 is 0. The quantitative estimate of drug-likeness (QED) is 0.528. The molecule has 0 bridgehead atoms. The zero-order valence-electron chi connectivity index (χ0n) is 12.0. The van der Waals surface area contributed by atoms with Crippen molar-refractivity contribution in [1.29, 1.82) is 0 Å². The third-order valence-corrected chi connectivity index (χ3v) is 2.83. The van der Waals surface area contributed by atoms with Gasteiger partial charge in [-0.05, 0) is 20.8 Å². The SMILES string of the molecule is CCOCCN1CCNC(CC(=O)OC(C)C)C1=O. The number of hydrogen-bond acceptors (Lipinski definition) is 5. The molecule has 0 aliphatic carbocycles. The summed E-state index contributed by atoms with van der Waals surface area (Å²) in [5.74, 6) is -0.390. The van der Waals surface area contributed by atoms with Crippen LogP contribution < -0.4 is 5.32 Å². The van der Waals surface area contributed by atoms with Gasteiger partial charge in [-0.15, -0.1) is 0 Å². The summed E-state index contributed by atoms with van der Waals surface area (Å²) in [4.78, 5) is 25.5. The number of carbonyl (C=O) groups is 2. The fourth-order valence-electron chi connectivity index (χ4n) is 1.97. The molecule has 1 aliphatic heterocycles. The van der Waals surface area contributed by atoms with Crippen LogP contribution in [0.15, 0.2) is 0 Å². The van der Waals surface area contributed by atoms with E-state index in [1.54, 1.807) is 18.7 Å². The number of carbonyl (C=O) groups excluding carboxylic acids is 2. The number of ether oxygens (including phenoxy) is 2. The predicted molar refractivity (Wildman–Crippen MR) is 70.7 cm³/mol. The maximum Gasteiger partial charge on any atom is 0.308 e. The van der Waals surface area contributed by atoms with E-state index in [9.17, 15) is 9.59 Å². The fraction of sp³-hybridized carbons (Fsp3) is 0.846. The molecule has 1 atom stereocenters. The Hall–Kier alpha value is -1.14. The normalized spacial score (nSPS) is 19.9. The molecule has 6 heteroatoms. The first-order chi connectivity index (χ1) is 9.04. The zero-order chi connectivity index (χ0) is 14.3. The third-order valence-electron chi connectivity index (χ3n) is 2.83. The molecule has 6 nitrogen and oxygen atoms in total. The highest BCUT2D eigenvalue weighted by atomic mass is 16.5. The van der Waals surface area contributed by atoms with Crippen LogP contribution in [0.25, 0.3) is 0 Å². The van der Waals surface area contributed by atoms with Crippen LogP contribution in [0.1, 0.15) is 27.2 Å². The first-order valence-electron chi connectivity index (χ1n) is 6.84. The Bertz CT molecular complexity index is 307. The number of piperazine rings is 1. The van der Waals surface area contributed by atoms with Gasteiger partial charge in [0.25, 0.3) is 0 Å². The molecule has 1 fully saturated rings. The number of hydrogen-bond donors (Lipinski definition) is 1. The summed E-state index contributed by atoms with van der Waals surface area (Å²) in [5, 5.41) is 3.06. The van der Waals surface area contributed by atoms with Crippen molar-refractivity contribution in [1.82, 2.24) is 10.2 Å². The largest absolute Gasteiger partial charge is 0.463 e. The Morgan fingerprint density at radius 3 is 2.89 bits per heavy atom. The minimum atomic E-state index is -0.471. The second-order valence-electron chi connectivity index (χ2n) is 4.77. The Morgan fingerprint density at radius 2 is 2.26 bits per heavy atom. The van der Waals surface area contributed by atoms with Gasteiger partial charge < -0.3 is 19.7 Å². The van der Waals surface area contributed by atoms with Crippen LogP contribution in [0, 0.1) is 0 Å². The van der Waals surface area contributed by atoms with Crippen LogP contribution >= 0.6 is 0 Å². The number of amides is 1. The number of rotatable bonds is 7. The number of nitrogens with one attached hydrogen (secondary N) is 1. The van der Waals surface area contributed by atoms with Crippen LogP contribution in [0.5, 0.6) is 0 Å². The summed E-state index contributed by atoms with van der Waals surface area (Å²) < 4.78 is 10.3. The average molecular weight is 272 g/mol. The van der Waals surface area contributed by atoms with E-state index >= 15 is 0 Å². The Kier molecular flexibility index (Phi) is 6.80. The molecule has 1 N–H and O–H groups in total. The van der Waals surface area contributed by atoms with E-state index in [2.05, 4.69) is 5.32 Å². The van der Waals surface area contributed by atoms with Gasteiger partial charge in [0, 0.05) is 26.2 Å². The molecule has 110 valence electrons. The van der Waals surface area contributed by atoms with Crippen molar-refractivity contribution in [2.75, 3.05) is 32.8 Å². The second-order valence-corrected chi connectivity index (χ2v) is 4.77. The highest BCUT2D eigenvalue weighted by Crippen LogP contribution is 2.07. The number of esters is 1. The molecule has 1 heterocycles. The van der Waals surface area contributed by atoms with Gasteiger partial charge in [0.1, 0.15) is 0 Å². The maximum atomic E-state index is 12.1. The lowest BCUT2D eigenvalue weighted by Crippen LogP contribution is -2.56. The highest BCUT2D eigenvalue weighted by molar-refractivity contribution is 5.87. The van der Waals surface area contributed by atoms with Gasteiger partial charge in [0.15, 0.2) is 0 Å². The predicted octanol–water partition coefficient (Wildman–Crippen LogP) is 0.165. The Morgan fingerprint density at radius 1 is 1.53 bits per heavy atom. The minimum Gasteiger partial charge on any atom is -0.463 e. The van der Waals surface area contributed by atoms with E-state index < -0.39 is 6.04 Å².